The summed E-state index contributed by atoms with van der Waals surface area (Å²) >= 11 is 0. The number of nitrogens with zero attached hydrogens (tertiary/aromatic N) is 5. The fourth-order valence-electron chi connectivity index (χ4n) is 7.91. The van der Waals surface area contributed by atoms with E-state index in [-0.39, 0.29) is 34.9 Å². The van der Waals surface area contributed by atoms with Gasteiger partial charge in [-0.05, 0) is 74.4 Å². The number of aromatic nitrogens is 2. The Kier molecular flexibility index (Phi) is 11.9. The minimum atomic E-state index is -0.545. The van der Waals surface area contributed by atoms with E-state index < -0.39 is 17.2 Å². The van der Waals surface area contributed by atoms with Crippen LogP contribution in [0.5, 0.6) is 0 Å². The van der Waals surface area contributed by atoms with E-state index >= 15 is 8.78 Å². The highest BCUT2D eigenvalue weighted by Crippen LogP contribution is 2.34. The van der Waals surface area contributed by atoms with Crippen LogP contribution in [0.15, 0.2) is 24.5 Å². The van der Waals surface area contributed by atoms with Crippen molar-refractivity contribution >= 4 is 29.1 Å². The molecular weight excluding hydrogens is 638 g/mol. The molecule has 12 heteroatoms. The van der Waals surface area contributed by atoms with Crippen molar-refractivity contribution in [2.24, 2.45) is 16.7 Å². The van der Waals surface area contributed by atoms with Crippen LogP contribution >= 0.6 is 0 Å². The molecule has 1 aromatic heterocycles. The van der Waals surface area contributed by atoms with Crippen LogP contribution in [0, 0.1) is 28.4 Å². The Balaban J connectivity index is 1.11. The number of carbonyl (C=O) groups is 2. The summed E-state index contributed by atoms with van der Waals surface area (Å²) in [5.74, 6) is 1.03. The van der Waals surface area contributed by atoms with Crippen molar-refractivity contribution in [2.75, 3.05) is 67.5 Å². The summed E-state index contributed by atoms with van der Waals surface area (Å²) in [5.41, 5.74) is 0.225. The monoisotopic (exact) mass is 696 g/mol. The van der Waals surface area contributed by atoms with Crippen molar-refractivity contribution in [3.8, 4) is 0 Å². The van der Waals surface area contributed by atoms with Crippen molar-refractivity contribution in [3.63, 3.8) is 0 Å². The van der Waals surface area contributed by atoms with Crippen LogP contribution in [-0.4, -0.2) is 84.6 Å². The normalized spacial score (nSPS) is 19.5. The molecule has 0 atom stereocenters. The molecule has 3 fully saturated rings. The summed E-state index contributed by atoms with van der Waals surface area (Å²) < 4.78 is 30.9. The van der Waals surface area contributed by atoms with Crippen LogP contribution in [0.25, 0.3) is 0 Å². The molecule has 5 rings (SSSR count). The van der Waals surface area contributed by atoms with E-state index in [0.29, 0.717) is 75.8 Å². The first kappa shape index (κ1) is 37.7. The Morgan fingerprint density at radius 1 is 0.980 bits per heavy atom. The fraction of sp³-hybridized carbons (Fsp3) is 0.684. The number of carbonyl (C=O) groups excluding carboxylic acids is 2. The molecule has 2 aromatic rings. The topological polar surface area (TPSA) is 106 Å². The zero-order valence-corrected chi connectivity index (χ0v) is 31.0. The molecule has 0 radical (unpaired) electrons. The number of anilines is 3. The van der Waals surface area contributed by atoms with Gasteiger partial charge in [0.2, 0.25) is 11.8 Å². The average Bonchev–Trinajstić information content (AvgIpc) is 3.02. The highest BCUT2D eigenvalue weighted by Gasteiger charge is 2.42. The number of piperidine rings is 2. The molecule has 3 aliphatic rings. The van der Waals surface area contributed by atoms with Crippen molar-refractivity contribution in [1.82, 2.24) is 25.5 Å². The van der Waals surface area contributed by atoms with Crippen LogP contribution in [0.1, 0.15) is 92.1 Å². The second-order valence-electron chi connectivity index (χ2n) is 16.8. The van der Waals surface area contributed by atoms with Crippen LogP contribution in [0.4, 0.5) is 26.1 Å². The largest absolute Gasteiger partial charge is 0.370 e. The van der Waals surface area contributed by atoms with Gasteiger partial charge in [-0.3, -0.25) is 14.5 Å². The first-order valence-electron chi connectivity index (χ1n) is 18.4. The van der Waals surface area contributed by atoms with Gasteiger partial charge in [0.1, 0.15) is 29.6 Å². The lowest BCUT2D eigenvalue weighted by atomic mass is 9.81. The lowest BCUT2D eigenvalue weighted by Gasteiger charge is -2.48. The molecule has 0 saturated carbocycles. The smallest absolute Gasteiger partial charge is 0.240 e. The van der Waals surface area contributed by atoms with Gasteiger partial charge >= 0.3 is 0 Å². The van der Waals surface area contributed by atoms with Crippen molar-refractivity contribution < 1.29 is 18.4 Å². The van der Waals surface area contributed by atoms with Gasteiger partial charge in [0.15, 0.2) is 0 Å². The minimum Gasteiger partial charge on any atom is -0.370 e. The Bertz CT molecular complexity index is 1480. The Morgan fingerprint density at radius 3 is 2.40 bits per heavy atom. The number of halogens is 2. The molecule has 3 N–H and O–H groups in total. The van der Waals surface area contributed by atoms with E-state index in [1.807, 2.05) is 6.07 Å². The summed E-state index contributed by atoms with van der Waals surface area (Å²) in [6, 6.07) is 4.51. The number of likely N-dealkylation sites (tertiary alicyclic amines) is 1. The molecule has 3 saturated heterocycles. The first-order valence-corrected chi connectivity index (χ1v) is 18.4. The predicted octanol–water partition coefficient (Wildman–Crippen LogP) is 5.73. The van der Waals surface area contributed by atoms with Crippen LogP contribution in [-0.2, 0) is 16.1 Å². The third-order valence-electron chi connectivity index (χ3n) is 10.6. The molecule has 4 heterocycles. The Hall–Kier alpha value is -3.54. The van der Waals surface area contributed by atoms with E-state index in [9.17, 15) is 9.59 Å². The highest BCUT2D eigenvalue weighted by molar-refractivity contribution is 5.84. The van der Waals surface area contributed by atoms with E-state index in [1.165, 1.54) is 18.5 Å². The molecule has 0 bridgehead atoms. The summed E-state index contributed by atoms with van der Waals surface area (Å²) in [6.07, 6.45) is 7.19. The molecule has 0 aliphatic carbocycles. The molecule has 10 nitrogen and oxygen atoms in total. The Labute approximate surface area is 297 Å². The zero-order chi connectivity index (χ0) is 36.1. The summed E-state index contributed by atoms with van der Waals surface area (Å²) in [7, 11) is 0. The minimum absolute atomic E-state index is 0.0108. The van der Waals surface area contributed by atoms with E-state index in [4.69, 9.17) is 0 Å². The Morgan fingerprint density at radius 2 is 1.70 bits per heavy atom. The molecule has 0 unspecified atom stereocenters. The number of rotatable bonds is 13. The van der Waals surface area contributed by atoms with Gasteiger partial charge < -0.3 is 25.8 Å². The molecule has 1 aromatic carbocycles. The lowest BCUT2D eigenvalue weighted by molar-refractivity contribution is -0.124. The first-order chi connectivity index (χ1) is 23.6. The van der Waals surface area contributed by atoms with Crippen LogP contribution < -0.4 is 25.8 Å². The number of piperazine rings is 1. The van der Waals surface area contributed by atoms with Crippen LogP contribution in [0.2, 0.25) is 0 Å². The zero-order valence-electron chi connectivity index (χ0n) is 31.0. The fourth-order valence-corrected chi connectivity index (χ4v) is 7.91. The predicted molar refractivity (Wildman–Crippen MR) is 195 cm³/mol. The third kappa shape index (κ3) is 10.3. The van der Waals surface area contributed by atoms with Crippen molar-refractivity contribution in [1.29, 1.82) is 0 Å². The maximum Gasteiger partial charge on any atom is 0.240 e. The van der Waals surface area contributed by atoms with Gasteiger partial charge in [0.05, 0.1) is 17.8 Å². The number of hydrogen-bond acceptors (Lipinski definition) is 8. The van der Waals surface area contributed by atoms with Gasteiger partial charge in [-0.1, -0.05) is 41.5 Å². The second-order valence-corrected chi connectivity index (χ2v) is 16.8. The van der Waals surface area contributed by atoms with Gasteiger partial charge in [-0.25, -0.2) is 18.7 Å². The molecule has 50 heavy (non-hydrogen) atoms. The highest BCUT2D eigenvalue weighted by atomic mass is 19.1. The molecule has 2 amide bonds. The average molecular weight is 697 g/mol. The lowest BCUT2D eigenvalue weighted by Crippen LogP contribution is -2.66. The van der Waals surface area contributed by atoms with E-state index in [2.05, 4.69) is 77.3 Å². The van der Waals surface area contributed by atoms with Crippen molar-refractivity contribution in [2.45, 2.75) is 98.6 Å². The summed E-state index contributed by atoms with van der Waals surface area (Å²) in [6.45, 7) is 18.2. The van der Waals surface area contributed by atoms with Gasteiger partial charge in [0, 0.05) is 63.4 Å². The number of hydrogen-bond donors (Lipinski definition) is 3. The van der Waals surface area contributed by atoms with E-state index in [0.717, 1.165) is 44.6 Å². The molecule has 276 valence electrons. The molecular formula is C38H58F2N8O2. The molecule has 3 aliphatic heterocycles. The third-order valence-corrected chi connectivity index (χ3v) is 10.6. The maximum atomic E-state index is 15.6. The number of nitrogens with one attached hydrogen (secondary N) is 3. The second kappa shape index (κ2) is 15.8. The van der Waals surface area contributed by atoms with E-state index in [1.54, 1.807) is 4.90 Å². The van der Waals surface area contributed by atoms with Gasteiger partial charge in [-0.15, -0.1) is 0 Å². The van der Waals surface area contributed by atoms with Crippen molar-refractivity contribution in [3.05, 3.63) is 41.7 Å². The quantitative estimate of drug-likeness (QED) is 0.228. The van der Waals surface area contributed by atoms with Gasteiger partial charge in [-0.2, -0.15) is 0 Å². The number of amides is 2. The molecule has 1 spiro atoms. The van der Waals surface area contributed by atoms with Gasteiger partial charge in [0.25, 0.3) is 0 Å². The SMILES string of the molecule is CC(C)CC(C)(C)CC(=O)NCCCNc1cc(N2CCC3(CC2)CN(c2cc(F)c(CN4CCC(C)(C)CC4)cc2F)CC(=O)N3)ncn1. The maximum absolute atomic E-state index is 15.6. The standard InChI is InChI=1S/C38H58F2N8O2/c1-27(2)21-37(5,6)22-34(49)42-13-7-12-41-32-20-33(44-26-43-32)47-16-10-38(11-17-47)25-48(24-35(50)45-38)31-19-29(39)28(18-30(31)40)23-46-14-8-36(3,4)9-15-46/h18-20,26-27H,7-17,21-25H2,1-6H3,(H,42,49)(H,45,50)(H,41,43,44). The van der Waals surface area contributed by atoms with Crippen LogP contribution in [0.3, 0.4) is 0 Å². The summed E-state index contributed by atoms with van der Waals surface area (Å²) in [4.78, 5) is 40.3. The summed E-state index contributed by atoms with van der Waals surface area (Å²) in [5, 5.41) is 9.56. The number of benzene rings is 1.